The monoisotopic (exact) mass is 279 g/mol. The summed E-state index contributed by atoms with van der Waals surface area (Å²) in [4.78, 5) is 11.4. The molecule has 20 heavy (non-hydrogen) atoms. The van der Waals surface area contributed by atoms with E-state index in [9.17, 15) is 4.79 Å². The van der Waals surface area contributed by atoms with Gasteiger partial charge in [-0.05, 0) is 43.7 Å². The van der Waals surface area contributed by atoms with Gasteiger partial charge in [-0.1, -0.05) is 20.3 Å². The van der Waals surface area contributed by atoms with Gasteiger partial charge in [0.2, 0.25) is 5.76 Å². The molecule has 0 radical (unpaired) electrons. The Morgan fingerprint density at radius 2 is 2.25 bits per heavy atom. The average Bonchev–Trinajstić information content (AvgIpc) is 2.86. The smallest absolute Gasteiger partial charge is 0.373 e. The second-order valence-corrected chi connectivity index (χ2v) is 6.54. The van der Waals surface area contributed by atoms with Gasteiger partial charge in [-0.15, -0.1) is 0 Å². The van der Waals surface area contributed by atoms with Crippen LogP contribution >= 0.6 is 0 Å². The van der Waals surface area contributed by atoms with Crippen LogP contribution in [0.4, 0.5) is 0 Å². The second kappa shape index (κ2) is 6.00. The van der Waals surface area contributed by atoms with E-state index in [1.165, 1.54) is 32.8 Å². The topological polar surface area (TPSA) is 51.5 Å². The summed E-state index contributed by atoms with van der Waals surface area (Å²) in [5, 5.41) is 3.62. The first-order valence-corrected chi connectivity index (χ1v) is 7.35. The summed E-state index contributed by atoms with van der Waals surface area (Å²) >= 11 is 0. The molecule has 1 N–H and O–H groups in total. The highest BCUT2D eigenvalue weighted by atomic mass is 16.5. The number of hydrogen-bond donors (Lipinski definition) is 1. The minimum Gasteiger partial charge on any atom is -0.463 e. The molecule has 1 aromatic rings. The molecule has 1 aromatic heterocycles. The minimum absolute atomic E-state index is 0.104. The molecule has 0 amide bonds. The van der Waals surface area contributed by atoms with Crippen molar-refractivity contribution in [3.8, 4) is 0 Å². The summed E-state index contributed by atoms with van der Waals surface area (Å²) < 4.78 is 10.2. The van der Waals surface area contributed by atoms with E-state index in [4.69, 9.17) is 4.42 Å². The van der Waals surface area contributed by atoms with E-state index in [-0.39, 0.29) is 11.8 Å². The summed E-state index contributed by atoms with van der Waals surface area (Å²) in [7, 11) is 1.36. The van der Waals surface area contributed by atoms with Crippen molar-refractivity contribution < 1.29 is 13.9 Å². The van der Waals surface area contributed by atoms with Crippen molar-refractivity contribution in [3.63, 3.8) is 0 Å². The highest BCUT2D eigenvalue weighted by Gasteiger charge is 2.29. The van der Waals surface area contributed by atoms with Crippen molar-refractivity contribution in [2.75, 3.05) is 7.11 Å². The van der Waals surface area contributed by atoms with Gasteiger partial charge in [0.05, 0.1) is 13.2 Å². The summed E-state index contributed by atoms with van der Waals surface area (Å²) in [6.45, 7) is 6.73. The quantitative estimate of drug-likeness (QED) is 0.854. The number of hydrogen-bond acceptors (Lipinski definition) is 4. The van der Waals surface area contributed by atoms with Crippen molar-refractivity contribution in [1.82, 2.24) is 5.32 Å². The van der Waals surface area contributed by atoms with Gasteiger partial charge in [-0.2, -0.15) is 0 Å². The Kier molecular flexibility index (Phi) is 4.53. The first kappa shape index (κ1) is 15.1. The normalized spacial score (nSPS) is 23.3. The third-order valence-electron chi connectivity index (χ3n) is 4.13. The Hall–Kier alpha value is -1.29. The molecule has 1 heterocycles. The van der Waals surface area contributed by atoms with Crippen LogP contribution in [0.5, 0.6) is 0 Å². The van der Waals surface area contributed by atoms with Crippen LogP contribution in [0.3, 0.4) is 0 Å². The number of nitrogens with one attached hydrogen (secondary N) is 1. The van der Waals surface area contributed by atoms with E-state index in [0.29, 0.717) is 11.5 Å². The number of esters is 1. The van der Waals surface area contributed by atoms with E-state index in [1.807, 2.05) is 6.07 Å². The van der Waals surface area contributed by atoms with Crippen LogP contribution in [0.2, 0.25) is 0 Å². The lowest BCUT2D eigenvalue weighted by atomic mass is 9.75. The predicted octanol–water partition coefficient (Wildman–Crippen LogP) is 3.69. The van der Waals surface area contributed by atoms with Crippen LogP contribution in [0.1, 0.15) is 68.8 Å². The fourth-order valence-electron chi connectivity index (χ4n) is 3.07. The first-order valence-electron chi connectivity index (χ1n) is 7.35. The predicted molar refractivity (Wildman–Crippen MR) is 77.6 cm³/mol. The molecular weight excluding hydrogens is 254 g/mol. The molecular formula is C16H25NO3. The lowest BCUT2D eigenvalue weighted by Gasteiger charge is -2.36. The molecule has 4 heteroatoms. The number of ether oxygens (including phenoxy) is 1. The zero-order chi connectivity index (χ0) is 14.8. The molecule has 1 aliphatic carbocycles. The van der Waals surface area contributed by atoms with Crippen LogP contribution in [-0.2, 0) is 4.74 Å². The Morgan fingerprint density at radius 3 is 2.90 bits per heavy atom. The van der Waals surface area contributed by atoms with Crippen LogP contribution in [0.25, 0.3) is 0 Å². The van der Waals surface area contributed by atoms with E-state index >= 15 is 0 Å². The van der Waals surface area contributed by atoms with Crippen molar-refractivity contribution in [1.29, 1.82) is 0 Å². The molecule has 2 atom stereocenters. The zero-order valence-electron chi connectivity index (χ0n) is 12.9. The Labute approximate surface area is 120 Å². The Bertz CT molecular complexity index is 464. The maximum absolute atomic E-state index is 11.4. The van der Waals surface area contributed by atoms with E-state index in [2.05, 4.69) is 30.8 Å². The summed E-state index contributed by atoms with van der Waals surface area (Å²) in [5.41, 5.74) is 0.413. The van der Waals surface area contributed by atoms with Crippen LogP contribution in [-0.4, -0.2) is 19.1 Å². The average molecular weight is 279 g/mol. The standard InChI is InChI=1S/C16H25NO3/c1-11(13-7-8-14(20-13)15(18)19-4)17-12-6-5-9-16(2,3)10-12/h7-8,11-12,17H,5-6,9-10H2,1-4H3. The highest BCUT2D eigenvalue weighted by molar-refractivity contribution is 5.86. The van der Waals surface area contributed by atoms with Gasteiger partial charge in [0.1, 0.15) is 5.76 Å². The molecule has 2 rings (SSSR count). The van der Waals surface area contributed by atoms with Crippen LogP contribution < -0.4 is 5.32 Å². The zero-order valence-corrected chi connectivity index (χ0v) is 12.9. The van der Waals surface area contributed by atoms with E-state index < -0.39 is 5.97 Å². The molecule has 0 aromatic carbocycles. The number of rotatable bonds is 4. The summed E-state index contributed by atoms with van der Waals surface area (Å²) in [6, 6.07) is 4.13. The minimum atomic E-state index is -0.428. The number of methoxy groups -OCH3 is 1. The Balaban J connectivity index is 1.96. The van der Waals surface area contributed by atoms with Gasteiger partial charge in [0.15, 0.2) is 0 Å². The number of carbonyl (C=O) groups is 1. The molecule has 1 fully saturated rings. The third-order valence-corrected chi connectivity index (χ3v) is 4.13. The van der Waals surface area contributed by atoms with Crippen LogP contribution in [0.15, 0.2) is 16.5 Å². The molecule has 4 nitrogen and oxygen atoms in total. The fourth-order valence-corrected chi connectivity index (χ4v) is 3.07. The maximum atomic E-state index is 11.4. The number of carbonyl (C=O) groups excluding carboxylic acids is 1. The largest absolute Gasteiger partial charge is 0.463 e. The molecule has 0 bridgehead atoms. The fraction of sp³-hybridized carbons (Fsp3) is 0.688. The molecule has 0 aliphatic heterocycles. The van der Waals surface area contributed by atoms with Gasteiger partial charge >= 0.3 is 5.97 Å². The molecule has 1 aliphatic rings. The summed E-state index contributed by atoms with van der Waals surface area (Å²) in [6.07, 6.45) is 4.95. The SMILES string of the molecule is COC(=O)c1ccc(C(C)NC2CCCC(C)(C)C2)o1. The van der Waals surface area contributed by atoms with Gasteiger partial charge < -0.3 is 14.5 Å². The number of furan rings is 1. The van der Waals surface area contributed by atoms with E-state index in [0.717, 1.165) is 5.76 Å². The van der Waals surface area contributed by atoms with Gasteiger partial charge in [-0.25, -0.2) is 4.79 Å². The van der Waals surface area contributed by atoms with Gasteiger partial charge in [0.25, 0.3) is 0 Å². The van der Waals surface area contributed by atoms with Crippen LogP contribution in [0, 0.1) is 5.41 Å². The maximum Gasteiger partial charge on any atom is 0.373 e. The third kappa shape index (κ3) is 3.63. The lowest BCUT2D eigenvalue weighted by Crippen LogP contribution is -2.38. The van der Waals surface area contributed by atoms with Crippen molar-refractivity contribution >= 4 is 5.97 Å². The lowest BCUT2D eigenvalue weighted by molar-refractivity contribution is 0.0562. The Morgan fingerprint density at radius 1 is 1.50 bits per heavy atom. The van der Waals surface area contributed by atoms with Crippen molar-refractivity contribution in [3.05, 3.63) is 23.7 Å². The van der Waals surface area contributed by atoms with Crippen molar-refractivity contribution in [2.24, 2.45) is 5.41 Å². The molecule has 0 spiro atoms. The first-order chi connectivity index (χ1) is 9.41. The molecule has 112 valence electrons. The van der Waals surface area contributed by atoms with E-state index in [1.54, 1.807) is 6.07 Å². The summed E-state index contributed by atoms with van der Waals surface area (Å²) in [5.74, 6) is 0.621. The second-order valence-electron chi connectivity index (χ2n) is 6.54. The molecule has 0 saturated heterocycles. The van der Waals surface area contributed by atoms with Crippen molar-refractivity contribution in [2.45, 2.75) is 58.5 Å². The molecule has 2 unspecified atom stereocenters. The van der Waals surface area contributed by atoms with Gasteiger partial charge in [0, 0.05) is 6.04 Å². The van der Waals surface area contributed by atoms with Gasteiger partial charge in [-0.3, -0.25) is 0 Å². The molecule has 1 saturated carbocycles. The highest BCUT2D eigenvalue weighted by Crippen LogP contribution is 2.36.